The van der Waals surface area contributed by atoms with Crippen molar-refractivity contribution in [3.05, 3.63) is 60.4 Å². The highest BCUT2D eigenvalue weighted by atomic mass is 19.3. The summed E-state index contributed by atoms with van der Waals surface area (Å²) in [7, 11) is 0. The summed E-state index contributed by atoms with van der Waals surface area (Å²) in [5, 5.41) is 16.3. The van der Waals surface area contributed by atoms with Crippen molar-refractivity contribution in [2.45, 2.75) is 32.8 Å². The quantitative estimate of drug-likeness (QED) is 0.409. The van der Waals surface area contributed by atoms with Gasteiger partial charge in [0, 0.05) is 5.56 Å². The lowest BCUT2D eigenvalue weighted by atomic mass is 10.2. The van der Waals surface area contributed by atoms with Gasteiger partial charge in [0.05, 0.1) is 23.1 Å². The smallest absolute Gasteiger partial charge is 0.387 e. The van der Waals surface area contributed by atoms with E-state index in [1.54, 1.807) is 22.9 Å². The molecule has 7 nitrogen and oxygen atoms in total. The lowest BCUT2D eigenvalue weighted by Crippen LogP contribution is -2.03. The van der Waals surface area contributed by atoms with Crippen LogP contribution in [-0.4, -0.2) is 31.8 Å². The molecule has 30 heavy (non-hydrogen) atoms. The fourth-order valence-electron chi connectivity index (χ4n) is 2.94. The molecular weight excluding hydrogens is 392 g/mol. The monoisotopic (exact) mass is 411 g/mol. The second-order valence-electron chi connectivity index (χ2n) is 6.59. The van der Waals surface area contributed by atoms with Crippen LogP contribution in [0.3, 0.4) is 0 Å². The minimum absolute atomic E-state index is 0.0249. The molecule has 2 aromatic heterocycles. The van der Waals surface area contributed by atoms with Gasteiger partial charge in [-0.2, -0.15) is 8.78 Å². The van der Waals surface area contributed by atoms with Crippen LogP contribution in [0.4, 0.5) is 8.78 Å². The summed E-state index contributed by atoms with van der Waals surface area (Å²) in [6.07, 6.45) is 4.99. The first-order valence-electron chi connectivity index (χ1n) is 9.54. The fraction of sp³-hybridized carbons (Fsp3) is 0.238. The second-order valence-corrected chi connectivity index (χ2v) is 6.59. The van der Waals surface area contributed by atoms with Crippen molar-refractivity contribution in [1.82, 2.24) is 25.2 Å². The molecular formula is C21H19F2N5O2. The molecule has 2 aromatic carbocycles. The lowest BCUT2D eigenvalue weighted by Gasteiger charge is -2.07. The van der Waals surface area contributed by atoms with Gasteiger partial charge in [0.15, 0.2) is 0 Å². The van der Waals surface area contributed by atoms with Crippen LogP contribution < -0.4 is 4.74 Å². The Morgan fingerprint density at radius 3 is 2.53 bits per heavy atom. The molecule has 0 spiro atoms. The summed E-state index contributed by atoms with van der Waals surface area (Å²) in [6.45, 7) is -0.809. The highest BCUT2D eigenvalue weighted by molar-refractivity contribution is 5.64. The normalized spacial score (nSPS) is 11.2. The van der Waals surface area contributed by atoms with Crippen molar-refractivity contribution in [2.24, 2.45) is 0 Å². The van der Waals surface area contributed by atoms with Crippen molar-refractivity contribution in [3.63, 3.8) is 0 Å². The molecule has 0 fully saturated rings. The highest BCUT2D eigenvalue weighted by Crippen LogP contribution is 2.32. The molecule has 0 bridgehead atoms. The Hall–Kier alpha value is -3.62. The summed E-state index contributed by atoms with van der Waals surface area (Å²) < 4.78 is 37.2. The third-order valence-electron chi connectivity index (χ3n) is 4.46. The molecule has 4 aromatic rings. The predicted octanol–water partition coefficient (Wildman–Crippen LogP) is 4.93. The Bertz CT molecular complexity index is 1110. The van der Waals surface area contributed by atoms with E-state index in [0.717, 1.165) is 30.6 Å². The number of rotatable bonds is 8. The Labute approximate surface area is 171 Å². The fourth-order valence-corrected chi connectivity index (χ4v) is 2.94. The number of hydrogen-bond acceptors (Lipinski definition) is 6. The highest BCUT2D eigenvalue weighted by Gasteiger charge is 2.17. The minimum Gasteiger partial charge on any atom is -0.434 e. The second kappa shape index (κ2) is 8.81. The average Bonchev–Trinajstić information content (AvgIpc) is 3.42. The third kappa shape index (κ3) is 4.35. The Kier molecular flexibility index (Phi) is 5.78. The van der Waals surface area contributed by atoms with E-state index in [0.29, 0.717) is 11.1 Å². The van der Waals surface area contributed by atoms with Crippen LogP contribution in [0, 0.1) is 0 Å². The van der Waals surface area contributed by atoms with Crippen molar-refractivity contribution >= 4 is 0 Å². The maximum atomic E-state index is 12.6. The predicted molar refractivity (Wildman–Crippen MR) is 105 cm³/mol. The van der Waals surface area contributed by atoms with Crippen molar-refractivity contribution in [1.29, 1.82) is 0 Å². The molecule has 0 unspecified atom stereocenters. The van der Waals surface area contributed by atoms with Gasteiger partial charge >= 0.3 is 6.61 Å². The van der Waals surface area contributed by atoms with Gasteiger partial charge < -0.3 is 9.15 Å². The molecule has 0 aliphatic rings. The number of alkyl halides is 2. The van der Waals surface area contributed by atoms with Crippen molar-refractivity contribution in [2.75, 3.05) is 0 Å². The number of para-hydroxylation sites is 1. The number of benzene rings is 2. The van der Waals surface area contributed by atoms with Gasteiger partial charge in [-0.05, 0) is 49.2 Å². The maximum absolute atomic E-state index is 12.6. The number of aryl methyl sites for hydroxylation is 1. The maximum Gasteiger partial charge on any atom is 0.387 e. The molecule has 0 aliphatic carbocycles. The van der Waals surface area contributed by atoms with Gasteiger partial charge in [0.2, 0.25) is 5.89 Å². The van der Waals surface area contributed by atoms with Crippen LogP contribution in [0.1, 0.15) is 25.5 Å². The number of halogens is 2. The molecule has 0 aliphatic heterocycles. The molecule has 9 heteroatoms. The van der Waals surface area contributed by atoms with E-state index >= 15 is 0 Å². The lowest BCUT2D eigenvalue weighted by molar-refractivity contribution is -0.0495. The Balaban J connectivity index is 1.54. The molecule has 0 amide bonds. The van der Waals surface area contributed by atoms with Crippen LogP contribution in [0.2, 0.25) is 0 Å². The van der Waals surface area contributed by atoms with E-state index < -0.39 is 6.61 Å². The molecule has 154 valence electrons. The number of hydrogen-bond donors (Lipinski definition) is 0. The van der Waals surface area contributed by atoms with Gasteiger partial charge in [-0.25, -0.2) is 4.68 Å². The number of nitrogens with zero attached hydrogens (tertiary/aromatic N) is 5. The average molecular weight is 411 g/mol. The number of aromatic nitrogens is 5. The van der Waals surface area contributed by atoms with Crippen LogP contribution >= 0.6 is 0 Å². The standard InChI is InChI=1S/C21H19F2N5O2/c1-2-3-6-15-13-28(27-24-15)16-11-9-14(10-12-16)19-25-26-20(30-19)17-7-4-5-8-18(17)29-21(22)23/h4-5,7-13,21H,2-3,6H2,1H3. The third-order valence-corrected chi connectivity index (χ3v) is 4.46. The van der Waals surface area contributed by atoms with E-state index in [4.69, 9.17) is 4.42 Å². The number of unbranched alkanes of at least 4 members (excludes halogenated alkanes) is 1. The molecule has 0 saturated carbocycles. The zero-order valence-electron chi connectivity index (χ0n) is 16.2. The summed E-state index contributed by atoms with van der Waals surface area (Å²) in [5.74, 6) is 0.343. The first-order chi connectivity index (χ1) is 14.6. The van der Waals surface area contributed by atoms with Crippen LogP contribution in [-0.2, 0) is 6.42 Å². The van der Waals surface area contributed by atoms with Crippen molar-refractivity contribution < 1.29 is 17.9 Å². The SMILES string of the molecule is CCCCc1cn(-c2ccc(-c3nnc(-c4ccccc4OC(F)F)o3)cc2)nn1. The first kappa shape index (κ1) is 19.7. The molecule has 0 atom stereocenters. The summed E-state index contributed by atoms with van der Waals surface area (Å²) >= 11 is 0. The van der Waals surface area contributed by atoms with Gasteiger partial charge in [0.25, 0.3) is 5.89 Å². The topological polar surface area (TPSA) is 78.9 Å². The van der Waals surface area contributed by atoms with Crippen LogP contribution in [0.25, 0.3) is 28.6 Å². The summed E-state index contributed by atoms with van der Waals surface area (Å²) in [4.78, 5) is 0. The summed E-state index contributed by atoms with van der Waals surface area (Å²) in [6, 6.07) is 13.7. The van der Waals surface area contributed by atoms with Gasteiger partial charge in [-0.15, -0.1) is 15.3 Å². The number of ether oxygens (including phenoxy) is 1. The van der Waals surface area contributed by atoms with E-state index in [2.05, 4.69) is 32.2 Å². The van der Waals surface area contributed by atoms with Gasteiger partial charge in [-0.1, -0.05) is 30.7 Å². The zero-order valence-corrected chi connectivity index (χ0v) is 16.2. The Morgan fingerprint density at radius 1 is 1.00 bits per heavy atom. The van der Waals surface area contributed by atoms with Gasteiger partial charge in [-0.3, -0.25) is 0 Å². The van der Waals surface area contributed by atoms with E-state index in [9.17, 15) is 8.78 Å². The van der Waals surface area contributed by atoms with Crippen LogP contribution in [0.5, 0.6) is 5.75 Å². The molecule has 4 rings (SSSR count). The van der Waals surface area contributed by atoms with E-state index in [1.807, 2.05) is 30.5 Å². The minimum atomic E-state index is -2.94. The molecule has 0 N–H and O–H groups in total. The first-order valence-corrected chi connectivity index (χ1v) is 9.54. The van der Waals surface area contributed by atoms with Gasteiger partial charge in [0.1, 0.15) is 5.75 Å². The van der Waals surface area contributed by atoms with E-state index in [-0.39, 0.29) is 17.5 Å². The largest absolute Gasteiger partial charge is 0.434 e. The molecule has 0 saturated heterocycles. The van der Waals surface area contributed by atoms with Crippen LogP contribution in [0.15, 0.2) is 59.1 Å². The molecule has 2 heterocycles. The van der Waals surface area contributed by atoms with Crippen molar-refractivity contribution in [3.8, 4) is 34.3 Å². The van der Waals surface area contributed by atoms with E-state index in [1.165, 1.54) is 6.07 Å². The molecule has 0 radical (unpaired) electrons. The Morgan fingerprint density at radius 2 is 1.77 bits per heavy atom. The zero-order chi connectivity index (χ0) is 20.9. The summed E-state index contributed by atoms with van der Waals surface area (Å²) in [5.41, 5.74) is 2.79.